The third-order valence-corrected chi connectivity index (χ3v) is 7.35. The van der Waals surface area contributed by atoms with Crippen molar-refractivity contribution >= 4 is 5.91 Å². The fourth-order valence-electron chi connectivity index (χ4n) is 5.71. The van der Waals surface area contributed by atoms with Gasteiger partial charge < -0.3 is 14.5 Å². The second-order valence-electron chi connectivity index (χ2n) is 9.21. The van der Waals surface area contributed by atoms with Gasteiger partial charge in [-0.25, -0.2) is 0 Å². The van der Waals surface area contributed by atoms with Gasteiger partial charge in [0, 0.05) is 32.7 Å². The van der Waals surface area contributed by atoms with Crippen molar-refractivity contribution < 1.29 is 9.53 Å². The van der Waals surface area contributed by atoms with Crippen LogP contribution in [0.5, 0.6) is 0 Å². The Bertz CT molecular complexity index is 447. The van der Waals surface area contributed by atoms with Gasteiger partial charge in [0.15, 0.2) is 0 Å². The summed E-state index contributed by atoms with van der Waals surface area (Å²) in [6.45, 7) is 6.52. The van der Waals surface area contributed by atoms with Crippen molar-refractivity contribution in [3.05, 3.63) is 0 Å². The molecule has 142 valence electrons. The van der Waals surface area contributed by atoms with Crippen LogP contribution in [0.25, 0.3) is 0 Å². The maximum Gasteiger partial charge on any atom is 0.222 e. The highest BCUT2D eigenvalue weighted by atomic mass is 16.5. The first-order valence-corrected chi connectivity index (χ1v) is 10.8. The molecule has 1 amide bonds. The summed E-state index contributed by atoms with van der Waals surface area (Å²) in [5.74, 6) is 1.13. The van der Waals surface area contributed by atoms with E-state index in [4.69, 9.17) is 4.74 Å². The molecule has 3 aliphatic heterocycles. The van der Waals surface area contributed by atoms with Gasteiger partial charge in [-0.3, -0.25) is 4.79 Å². The van der Waals surface area contributed by atoms with E-state index in [0.29, 0.717) is 23.3 Å². The van der Waals surface area contributed by atoms with Gasteiger partial charge in [0.05, 0.1) is 6.10 Å². The zero-order valence-corrected chi connectivity index (χ0v) is 15.9. The van der Waals surface area contributed by atoms with Crippen LogP contribution in [-0.4, -0.2) is 61.1 Å². The number of hydrogen-bond acceptors (Lipinski definition) is 3. The summed E-state index contributed by atoms with van der Waals surface area (Å²) in [5, 5.41) is 0. The Kier molecular flexibility index (Phi) is 5.66. The molecule has 4 rings (SSSR count). The number of ether oxygens (including phenoxy) is 1. The molecule has 4 fully saturated rings. The Morgan fingerprint density at radius 1 is 0.960 bits per heavy atom. The molecule has 4 nitrogen and oxygen atoms in total. The van der Waals surface area contributed by atoms with Crippen LogP contribution in [0.2, 0.25) is 0 Å². The molecule has 3 heterocycles. The molecular weight excluding hydrogens is 312 g/mol. The molecule has 25 heavy (non-hydrogen) atoms. The van der Waals surface area contributed by atoms with E-state index >= 15 is 0 Å². The van der Waals surface area contributed by atoms with Gasteiger partial charge in [0.25, 0.3) is 0 Å². The van der Waals surface area contributed by atoms with Crippen molar-refractivity contribution in [2.24, 2.45) is 11.3 Å². The molecule has 1 saturated carbocycles. The van der Waals surface area contributed by atoms with Crippen LogP contribution in [-0.2, 0) is 9.53 Å². The highest BCUT2D eigenvalue weighted by Crippen LogP contribution is 2.40. The molecule has 0 bridgehead atoms. The van der Waals surface area contributed by atoms with Crippen LogP contribution < -0.4 is 0 Å². The largest absolute Gasteiger partial charge is 0.377 e. The second-order valence-corrected chi connectivity index (χ2v) is 9.21. The maximum absolute atomic E-state index is 12.8. The van der Waals surface area contributed by atoms with Crippen molar-refractivity contribution in [3.63, 3.8) is 0 Å². The Morgan fingerprint density at radius 2 is 1.76 bits per heavy atom. The molecule has 0 aromatic carbocycles. The fourth-order valence-corrected chi connectivity index (χ4v) is 5.71. The quantitative estimate of drug-likeness (QED) is 0.780. The Hall–Kier alpha value is -0.610. The minimum atomic E-state index is 0.413. The van der Waals surface area contributed by atoms with E-state index in [2.05, 4.69) is 9.80 Å². The van der Waals surface area contributed by atoms with E-state index in [9.17, 15) is 4.79 Å². The number of carbonyl (C=O) groups excluding carboxylic acids is 1. The lowest BCUT2D eigenvalue weighted by Crippen LogP contribution is -2.52. The van der Waals surface area contributed by atoms with Crippen molar-refractivity contribution in [1.82, 2.24) is 9.80 Å². The summed E-state index contributed by atoms with van der Waals surface area (Å²) < 4.78 is 5.81. The summed E-state index contributed by atoms with van der Waals surface area (Å²) in [7, 11) is 0. The maximum atomic E-state index is 12.8. The molecule has 1 unspecified atom stereocenters. The van der Waals surface area contributed by atoms with Crippen LogP contribution in [0.15, 0.2) is 0 Å². The Morgan fingerprint density at radius 3 is 2.48 bits per heavy atom. The summed E-state index contributed by atoms with van der Waals surface area (Å²) in [6, 6.07) is 0. The molecule has 4 aliphatic rings. The topological polar surface area (TPSA) is 32.8 Å². The normalized spacial score (nSPS) is 31.0. The standard InChI is InChI=1S/C21H36N2O2/c24-20(15-18-5-1-2-6-18)23-11-4-8-21(17-23)9-12-22(13-10-21)16-19-7-3-14-25-19/h18-19H,1-17H2. The van der Waals surface area contributed by atoms with E-state index in [1.807, 2.05) is 0 Å². The first-order valence-electron chi connectivity index (χ1n) is 10.8. The summed E-state index contributed by atoms with van der Waals surface area (Å²) in [6.07, 6.45) is 14.1. The average molecular weight is 349 g/mol. The molecule has 0 aromatic heterocycles. The lowest BCUT2D eigenvalue weighted by molar-refractivity contribution is -0.136. The molecule has 0 aromatic rings. The highest BCUT2D eigenvalue weighted by molar-refractivity contribution is 5.76. The second kappa shape index (κ2) is 7.96. The predicted molar refractivity (Wildman–Crippen MR) is 99.5 cm³/mol. The van der Waals surface area contributed by atoms with Crippen molar-refractivity contribution in [2.75, 3.05) is 39.3 Å². The number of rotatable bonds is 4. The van der Waals surface area contributed by atoms with E-state index in [1.54, 1.807) is 0 Å². The van der Waals surface area contributed by atoms with Crippen LogP contribution in [0.1, 0.15) is 70.6 Å². The van der Waals surface area contributed by atoms with Gasteiger partial charge in [-0.05, 0) is 75.8 Å². The van der Waals surface area contributed by atoms with Gasteiger partial charge in [0.1, 0.15) is 0 Å². The zero-order chi connectivity index (χ0) is 17.1. The van der Waals surface area contributed by atoms with Crippen molar-refractivity contribution in [1.29, 1.82) is 0 Å². The molecule has 4 heteroatoms. The number of amides is 1. The summed E-state index contributed by atoms with van der Waals surface area (Å²) in [5.41, 5.74) is 0.413. The van der Waals surface area contributed by atoms with E-state index < -0.39 is 0 Å². The molecule has 1 atom stereocenters. The summed E-state index contributed by atoms with van der Waals surface area (Å²) >= 11 is 0. The number of piperidine rings is 2. The van der Waals surface area contributed by atoms with Crippen molar-refractivity contribution in [3.8, 4) is 0 Å². The zero-order valence-electron chi connectivity index (χ0n) is 15.9. The van der Waals surface area contributed by atoms with Gasteiger partial charge in [0.2, 0.25) is 5.91 Å². The first kappa shape index (κ1) is 17.8. The third-order valence-electron chi connectivity index (χ3n) is 7.35. The molecule has 0 radical (unpaired) electrons. The van der Waals surface area contributed by atoms with E-state index in [1.165, 1.54) is 77.3 Å². The fraction of sp³-hybridized carbons (Fsp3) is 0.952. The first-order chi connectivity index (χ1) is 12.2. The van der Waals surface area contributed by atoms with Crippen LogP contribution in [0.4, 0.5) is 0 Å². The van der Waals surface area contributed by atoms with Crippen LogP contribution in [0.3, 0.4) is 0 Å². The lowest BCUT2D eigenvalue weighted by Gasteiger charge is -2.48. The van der Waals surface area contributed by atoms with E-state index in [-0.39, 0.29) is 0 Å². The third kappa shape index (κ3) is 4.39. The monoisotopic (exact) mass is 348 g/mol. The van der Waals surface area contributed by atoms with Gasteiger partial charge in [-0.2, -0.15) is 0 Å². The average Bonchev–Trinajstić information content (AvgIpc) is 3.31. The van der Waals surface area contributed by atoms with E-state index in [0.717, 1.165) is 32.7 Å². The highest BCUT2D eigenvalue weighted by Gasteiger charge is 2.40. The molecule has 0 N–H and O–H groups in total. The number of nitrogens with zero attached hydrogens (tertiary/aromatic N) is 2. The summed E-state index contributed by atoms with van der Waals surface area (Å²) in [4.78, 5) is 17.6. The molecule has 1 aliphatic carbocycles. The van der Waals surface area contributed by atoms with Gasteiger partial charge in [-0.1, -0.05) is 12.8 Å². The molecule has 3 saturated heterocycles. The van der Waals surface area contributed by atoms with Gasteiger partial charge in [-0.15, -0.1) is 0 Å². The predicted octanol–water partition coefficient (Wildman–Crippen LogP) is 3.45. The number of likely N-dealkylation sites (tertiary alicyclic amines) is 2. The van der Waals surface area contributed by atoms with Crippen LogP contribution in [0, 0.1) is 11.3 Å². The smallest absolute Gasteiger partial charge is 0.222 e. The Balaban J connectivity index is 1.26. The Labute approximate surface area is 153 Å². The molecular formula is C21H36N2O2. The SMILES string of the molecule is O=C(CC1CCCC1)N1CCCC2(CCN(CC3CCCO3)CC2)C1. The van der Waals surface area contributed by atoms with Gasteiger partial charge >= 0.3 is 0 Å². The van der Waals surface area contributed by atoms with Crippen LogP contribution >= 0.6 is 0 Å². The molecule has 1 spiro atoms. The number of carbonyl (C=O) groups is 1. The van der Waals surface area contributed by atoms with Crippen molar-refractivity contribution in [2.45, 2.75) is 76.7 Å². The number of hydrogen-bond donors (Lipinski definition) is 0. The minimum absolute atomic E-state index is 0.413. The minimum Gasteiger partial charge on any atom is -0.377 e. The lowest BCUT2D eigenvalue weighted by atomic mass is 9.72.